The van der Waals surface area contributed by atoms with Crippen LogP contribution in [-0.2, 0) is 4.74 Å². The lowest BCUT2D eigenvalue weighted by atomic mass is 9.73. The zero-order valence-electron chi connectivity index (χ0n) is 16.6. The predicted octanol–water partition coefficient (Wildman–Crippen LogP) is 3.56. The van der Waals surface area contributed by atoms with Crippen LogP contribution >= 0.6 is 12.4 Å². The van der Waals surface area contributed by atoms with Gasteiger partial charge in [-0.15, -0.1) is 12.4 Å². The van der Waals surface area contributed by atoms with Gasteiger partial charge < -0.3 is 9.84 Å². The quantitative estimate of drug-likeness (QED) is 0.645. The monoisotopic (exact) mass is 388 g/mol. The Kier molecular flexibility index (Phi) is 10.8. The molecule has 0 amide bonds. The van der Waals surface area contributed by atoms with E-state index in [1.165, 1.54) is 90.4 Å². The summed E-state index contributed by atoms with van der Waals surface area (Å²) >= 11 is 0. The van der Waals surface area contributed by atoms with Crippen LogP contribution in [0.4, 0.5) is 0 Å². The van der Waals surface area contributed by atoms with Crippen molar-refractivity contribution in [3.8, 4) is 0 Å². The van der Waals surface area contributed by atoms with Crippen LogP contribution in [-0.4, -0.2) is 73.5 Å². The molecule has 0 aromatic rings. The third-order valence-electron chi connectivity index (χ3n) is 6.88. The number of hydrogen-bond acceptors (Lipinski definition) is 4. The van der Waals surface area contributed by atoms with Crippen molar-refractivity contribution in [2.75, 3.05) is 52.5 Å². The predicted molar refractivity (Wildman–Crippen MR) is 110 cm³/mol. The Morgan fingerprint density at radius 2 is 1.31 bits per heavy atom. The van der Waals surface area contributed by atoms with Gasteiger partial charge in [-0.1, -0.05) is 38.5 Å². The summed E-state index contributed by atoms with van der Waals surface area (Å²) in [6.45, 7) is 7.27. The number of hydrogen-bond donors (Lipinski definition) is 1. The van der Waals surface area contributed by atoms with E-state index in [1.807, 2.05) is 0 Å². The fourth-order valence-electron chi connectivity index (χ4n) is 5.58. The topological polar surface area (TPSA) is 35.9 Å². The Bertz CT molecular complexity index is 334. The van der Waals surface area contributed by atoms with E-state index < -0.39 is 0 Å². The first kappa shape index (κ1) is 22.4. The van der Waals surface area contributed by atoms with E-state index in [-0.39, 0.29) is 19.0 Å². The summed E-state index contributed by atoms with van der Waals surface area (Å²) in [7, 11) is 0. The Morgan fingerprint density at radius 3 is 1.81 bits per heavy atom. The summed E-state index contributed by atoms with van der Waals surface area (Å²) in [5.41, 5.74) is 0. The van der Waals surface area contributed by atoms with Gasteiger partial charge in [-0.25, -0.2) is 0 Å². The lowest BCUT2D eigenvalue weighted by molar-refractivity contribution is 0.00710. The molecule has 3 rings (SSSR count). The van der Waals surface area contributed by atoms with Crippen molar-refractivity contribution < 1.29 is 9.84 Å². The normalized spacial score (nSPS) is 24.7. The number of rotatable bonds is 8. The number of piperazine rings is 1. The molecular weight excluding hydrogens is 348 g/mol. The minimum absolute atomic E-state index is 0. The molecule has 2 aliphatic carbocycles. The fourth-order valence-corrected chi connectivity index (χ4v) is 5.58. The second kappa shape index (κ2) is 12.6. The van der Waals surface area contributed by atoms with Gasteiger partial charge in [0.1, 0.15) is 0 Å². The third-order valence-corrected chi connectivity index (χ3v) is 6.88. The number of aliphatic hydroxyl groups is 1. The molecule has 1 aliphatic heterocycles. The van der Waals surface area contributed by atoms with Gasteiger partial charge in [-0.3, -0.25) is 9.80 Å². The smallest absolute Gasteiger partial charge is 0.0698 e. The molecule has 5 heteroatoms. The molecule has 26 heavy (non-hydrogen) atoms. The lowest BCUT2D eigenvalue weighted by Gasteiger charge is -2.47. The second-order valence-electron chi connectivity index (χ2n) is 8.50. The Labute approximate surface area is 167 Å². The number of ether oxygens (including phenoxy) is 1. The molecule has 0 spiro atoms. The molecule has 4 nitrogen and oxygen atoms in total. The zero-order chi connectivity index (χ0) is 17.3. The molecule has 1 saturated heterocycles. The maximum Gasteiger partial charge on any atom is 0.0698 e. The minimum atomic E-state index is 0. The first-order valence-corrected chi connectivity index (χ1v) is 11.0. The number of aliphatic hydroxyl groups excluding tert-OH is 1. The molecule has 0 radical (unpaired) electrons. The van der Waals surface area contributed by atoms with Crippen LogP contribution in [0.3, 0.4) is 0 Å². The van der Waals surface area contributed by atoms with Crippen LogP contribution in [0.25, 0.3) is 0 Å². The van der Waals surface area contributed by atoms with Crippen molar-refractivity contribution in [1.82, 2.24) is 9.80 Å². The molecule has 1 heterocycles. The SMILES string of the molecule is Cl.OCCOCCN1CCN(C(C2CCCCC2)C2CCCCC2)CC1. The molecule has 3 fully saturated rings. The van der Waals surface area contributed by atoms with Crippen molar-refractivity contribution in [3.05, 3.63) is 0 Å². The van der Waals surface area contributed by atoms with Crippen LogP contribution in [0.1, 0.15) is 64.2 Å². The van der Waals surface area contributed by atoms with E-state index >= 15 is 0 Å². The Morgan fingerprint density at radius 1 is 0.769 bits per heavy atom. The first-order chi connectivity index (χ1) is 12.4. The van der Waals surface area contributed by atoms with Gasteiger partial charge in [-0.2, -0.15) is 0 Å². The highest BCUT2D eigenvalue weighted by Crippen LogP contribution is 2.38. The summed E-state index contributed by atoms with van der Waals surface area (Å²) in [6, 6.07) is 0.869. The van der Waals surface area contributed by atoms with Crippen molar-refractivity contribution in [2.24, 2.45) is 11.8 Å². The lowest BCUT2D eigenvalue weighted by Crippen LogP contribution is -2.55. The molecule has 1 N–H and O–H groups in total. The Hall–Kier alpha value is 0.130. The highest BCUT2D eigenvalue weighted by Gasteiger charge is 2.36. The number of nitrogens with zero attached hydrogens (tertiary/aromatic N) is 2. The second-order valence-corrected chi connectivity index (χ2v) is 8.50. The van der Waals surface area contributed by atoms with Crippen LogP contribution in [0.2, 0.25) is 0 Å². The van der Waals surface area contributed by atoms with Gasteiger partial charge >= 0.3 is 0 Å². The van der Waals surface area contributed by atoms with Gasteiger partial charge in [0.2, 0.25) is 0 Å². The van der Waals surface area contributed by atoms with E-state index in [1.54, 1.807) is 0 Å². The fraction of sp³-hybridized carbons (Fsp3) is 1.00. The Balaban J connectivity index is 0.00000243. The summed E-state index contributed by atoms with van der Waals surface area (Å²) < 4.78 is 5.44. The van der Waals surface area contributed by atoms with Gasteiger partial charge in [-0.05, 0) is 37.5 Å². The summed E-state index contributed by atoms with van der Waals surface area (Å²) in [6.07, 6.45) is 14.7. The summed E-state index contributed by atoms with van der Waals surface area (Å²) in [4.78, 5) is 5.43. The average molecular weight is 389 g/mol. The van der Waals surface area contributed by atoms with Gasteiger partial charge in [0.25, 0.3) is 0 Å². The zero-order valence-corrected chi connectivity index (χ0v) is 17.4. The average Bonchev–Trinajstić information content (AvgIpc) is 2.68. The van der Waals surface area contributed by atoms with E-state index in [0.29, 0.717) is 6.61 Å². The largest absolute Gasteiger partial charge is 0.394 e. The van der Waals surface area contributed by atoms with E-state index in [9.17, 15) is 0 Å². The molecule has 3 aliphatic rings. The molecular formula is C21H41ClN2O2. The molecule has 0 aromatic heterocycles. The first-order valence-electron chi connectivity index (χ1n) is 11.0. The number of halogens is 1. The molecule has 0 aromatic carbocycles. The van der Waals surface area contributed by atoms with E-state index in [2.05, 4.69) is 9.80 Å². The molecule has 0 unspecified atom stereocenters. The molecule has 0 bridgehead atoms. The van der Waals surface area contributed by atoms with Gasteiger partial charge in [0, 0.05) is 38.8 Å². The van der Waals surface area contributed by atoms with Crippen LogP contribution in [0.15, 0.2) is 0 Å². The molecule has 2 saturated carbocycles. The van der Waals surface area contributed by atoms with Crippen LogP contribution in [0, 0.1) is 11.8 Å². The van der Waals surface area contributed by atoms with Crippen molar-refractivity contribution >= 4 is 12.4 Å². The summed E-state index contributed by atoms with van der Waals surface area (Å²) in [5, 5.41) is 8.80. The standard InChI is InChI=1S/C21H40N2O2.ClH/c24-16-18-25-17-15-22-11-13-23(14-12-22)21(19-7-3-1-4-8-19)20-9-5-2-6-10-20;/h19-21,24H,1-18H2;1H. The van der Waals surface area contributed by atoms with Crippen LogP contribution in [0.5, 0.6) is 0 Å². The van der Waals surface area contributed by atoms with Crippen LogP contribution < -0.4 is 0 Å². The van der Waals surface area contributed by atoms with Crippen molar-refractivity contribution in [1.29, 1.82) is 0 Å². The maximum absolute atomic E-state index is 8.80. The van der Waals surface area contributed by atoms with E-state index in [4.69, 9.17) is 9.84 Å². The van der Waals surface area contributed by atoms with Crippen molar-refractivity contribution in [3.63, 3.8) is 0 Å². The minimum Gasteiger partial charge on any atom is -0.394 e. The third kappa shape index (κ3) is 6.63. The molecule has 154 valence electrons. The highest BCUT2D eigenvalue weighted by atomic mass is 35.5. The van der Waals surface area contributed by atoms with Crippen molar-refractivity contribution in [2.45, 2.75) is 70.3 Å². The summed E-state index contributed by atoms with van der Waals surface area (Å²) in [5.74, 6) is 1.94. The van der Waals surface area contributed by atoms with Gasteiger partial charge in [0.05, 0.1) is 19.8 Å². The molecule has 0 atom stereocenters. The maximum atomic E-state index is 8.80. The highest BCUT2D eigenvalue weighted by molar-refractivity contribution is 5.85. The van der Waals surface area contributed by atoms with Gasteiger partial charge in [0.15, 0.2) is 0 Å². The van der Waals surface area contributed by atoms with E-state index in [0.717, 1.165) is 31.0 Å².